The van der Waals surface area contributed by atoms with Gasteiger partial charge in [-0.15, -0.1) is 0 Å². The summed E-state index contributed by atoms with van der Waals surface area (Å²) in [5, 5.41) is 7.35. The average molecular weight is 274 g/mol. The van der Waals surface area contributed by atoms with Crippen LogP contribution in [0.25, 0.3) is 11.3 Å². The lowest BCUT2D eigenvalue weighted by molar-refractivity contribution is 0.372. The zero-order chi connectivity index (χ0) is 13.9. The van der Waals surface area contributed by atoms with Crippen molar-refractivity contribution in [2.45, 2.75) is 25.7 Å². The van der Waals surface area contributed by atoms with Crippen molar-refractivity contribution in [2.24, 2.45) is 0 Å². The van der Waals surface area contributed by atoms with Gasteiger partial charge >= 0.3 is 6.01 Å². The molecule has 0 amide bonds. The highest BCUT2D eigenvalue weighted by atomic mass is 16.5. The van der Waals surface area contributed by atoms with E-state index < -0.39 is 0 Å². The predicted octanol–water partition coefficient (Wildman–Crippen LogP) is 1.92. The Morgan fingerprint density at radius 3 is 3.00 bits per heavy atom. The van der Waals surface area contributed by atoms with Crippen LogP contribution in [0.5, 0.6) is 6.01 Å². The number of methoxy groups -OCH3 is 1. The Labute approximate surface area is 117 Å². The lowest BCUT2D eigenvalue weighted by atomic mass is 9.92. The third-order valence-electron chi connectivity index (χ3n) is 3.56. The number of piperidine rings is 1. The fourth-order valence-corrected chi connectivity index (χ4v) is 2.55. The van der Waals surface area contributed by atoms with Gasteiger partial charge in [0.25, 0.3) is 0 Å². The summed E-state index contributed by atoms with van der Waals surface area (Å²) < 4.78 is 10.5. The summed E-state index contributed by atoms with van der Waals surface area (Å²) in [5.74, 6) is 1.06. The molecule has 0 aromatic carbocycles. The number of nitrogens with zero attached hydrogens (tertiary/aromatic N) is 3. The molecule has 1 aliphatic rings. The average Bonchev–Trinajstić information content (AvgIpc) is 2.94. The Balaban J connectivity index is 2.03. The molecule has 0 saturated carbocycles. The molecule has 6 heteroatoms. The maximum atomic E-state index is 5.36. The van der Waals surface area contributed by atoms with Gasteiger partial charge in [-0.25, -0.2) is 4.98 Å². The Morgan fingerprint density at radius 2 is 2.35 bits per heavy atom. The van der Waals surface area contributed by atoms with Crippen molar-refractivity contribution >= 4 is 0 Å². The number of aryl methyl sites for hydroxylation is 1. The highest BCUT2D eigenvalue weighted by Crippen LogP contribution is 2.32. The summed E-state index contributed by atoms with van der Waals surface area (Å²) in [4.78, 5) is 8.74. The monoisotopic (exact) mass is 274 g/mol. The number of rotatable bonds is 3. The number of hydrogen-bond donors (Lipinski definition) is 1. The highest BCUT2D eigenvalue weighted by molar-refractivity contribution is 5.60. The summed E-state index contributed by atoms with van der Waals surface area (Å²) in [6.07, 6.45) is 4.01. The van der Waals surface area contributed by atoms with Crippen molar-refractivity contribution in [1.82, 2.24) is 20.4 Å². The molecule has 20 heavy (non-hydrogen) atoms. The van der Waals surface area contributed by atoms with Crippen LogP contribution in [-0.4, -0.2) is 35.3 Å². The van der Waals surface area contributed by atoms with Gasteiger partial charge < -0.3 is 14.6 Å². The number of hydrogen-bond acceptors (Lipinski definition) is 6. The largest absolute Gasteiger partial charge is 0.467 e. The van der Waals surface area contributed by atoms with Gasteiger partial charge in [-0.2, -0.15) is 4.98 Å². The molecule has 1 saturated heterocycles. The van der Waals surface area contributed by atoms with Gasteiger partial charge in [0.2, 0.25) is 0 Å². The molecule has 0 unspecified atom stereocenters. The van der Waals surface area contributed by atoms with Gasteiger partial charge in [0.15, 0.2) is 5.76 Å². The van der Waals surface area contributed by atoms with Gasteiger partial charge in [0.05, 0.1) is 24.1 Å². The van der Waals surface area contributed by atoms with Crippen LogP contribution in [0.3, 0.4) is 0 Å². The topological polar surface area (TPSA) is 73.1 Å². The lowest BCUT2D eigenvalue weighted by Gasteiger charge is -2.23. The maximum Gasteiger partial charge on any atom is 0.316 e. The summed E-state index contributed by atoms with van der Waals surface area (Å²) in [6.45, 7) is 3.88. The first kappa shape index (κ1) is 13.1. The van der Waals surface area contributed by atoms with Crippen molar-refractivity contribution < 1.29 is 9.26 Å². The van der Waals surface area contributed by atoms with Crippen LogP contribution in [0.1, 0.15) is 30.1 Å². The first-order chi connectivity index (χ1) is 9.78. The SMILES string of the molecule is COc1ncc(-c2cc(C)no2)c([C@@H]2CCCNC2)n1. The third-order valence-corrected chi connectivity index (χ3v) is 3.56. The predicted molar refractivity (Wildman–Crippen MR) is 73.7 cm³/mol. The van der Waals surface area contributed by atoms with Gasteiger partial charge in [0.1, 0.15) is 0 Å². The Bertz CT molecular complexity index is 591. The molecule has 6 nitrogen and oxygen atoms in total. The molecule has 3 heterocycles. The third kappa shape index (κ3) is 2.51. The van der Waals surface area contributed by atoms with Gasteiger partial charge in [-0.1, -0.05) is 5.16 Å². The second kappa shape index (κ2) is 5.58. The first-order valence-corrected chi connectivity index (χ1v) is 6.83. The van der Waals surface area contributed by atoms with Crippen molar-refractivity contribution in [3.8, 4) is 17.3 Å². The quantitative estimate of drug-likeness (QED) is 0.921. The molecule has 0 aliphatic carbocycles. The van der Waals surface area contributed by atoms with E-state index in [2.05, 4.69) is 20.4 Å². The Kier molecular flexibility index (Phi) is 3.64. The van der Waals surface area contributed by atoms with Crippen LogP contribution in [0.2, 0.25) is 0 Å². The van der Waals surface area contributed by atoms with E-state index in [9.17, 15) is 0 Å². The zero-order valence-electron chi connectivity index (χ0n) is 11.7. The number of ether oxygens (including phenoxy) is 1. The van der Waals surface area contributed by atoms with E-state index in [4.69, 9.17) is 9.26 Å². The molecule has 3 rings (SSSR count). The normalized spacial score (nSPS) is 19.0. The number of aromatic nitrogens is 3. The van der Waals surface area contributed by atoms with Gasteiger partial charge in [-0.3, -0.25) is 0 Å². The maximum absolute atomic E-state index is 5.36. The van der Waals surface area contributed by atoms with E-state index in [1.807, 2.05) is 13.0 Å². The van der Waals surface area contributed by atoms with E-state index in [0.29, 0.717) is 17.7 Å². The van der Waals surface area contributed by atoms with Crippen molar-refractivity contribution in [3.05, 3.63) is 23.7 Å². The number of nitrogens with one attached hydrogen (secondary N) is 1. The fourth-order valence-electron chi connectivity index (χ4n) is 2.55. The molecular weight excluding hydrogens is 256 g/mol. The van der Waals surface area contributed by atoms with Crippen LogP contribution in [0.15, 0.2) is 16.8 Å². The molecule has 0 radical (unpaired) electrons. The van der Waals surface area contributed by atoms with Crippen molar-refractivity contribution in [3.63, 3.8) is 0 Å². The highest BCUT2D eigenvalue weighted by Gasteiger charge is 2.23. The lowest BCUT2D eigenvalue weighted by Crippen LogP contribution is -2.29. The molecule has 1 atom stereocenters. The van der Waals surface area contributed by atoms with E-state index in [1.54, 1.807) is 13.3 Å². The minimum atomic E-state index is 0.348. The van der Waals surface area contributed by atoms with Crippen molar-refractivity contribution in [2.75, 3.05) is 20.2 Å². The smallest absolute Gasteiger partial charge is 0.316 e. The van der Waals surface area contributed by atoms with E-state index in [0.717, 1.165) is 42.9 Å². The summed E-state index contributed by atoms with van der Waals surface area (Å²) in [7, 11) is 1.58. The van der Waals surface area contributed by atoms with E-state index in [-0.39, 0.29) is 0 Å². The summed E-state index contributed by atoms with van der Waals surface area (Å²) in [6, 6.07) is 2.30. The second-order valence-corrected chi connectivity index (χ2v) is 5.03. The minimum absolute atomic E-state index is 0.348. The van der Waals surface area contributed by atoms with Crippen LogP contribution >= 0.6 is 0 Å². The van der Waals surface area contributed by atoms with Crippen LogP contribution < -0.4 is 10.1 Å². The Morgan fingerprint density at radius 1 is 1.45 bits per heavy atom. The van der Waals surface area contributed by atoms with E-state index >= 15 is 0 Å². The first-order valence-electron chi connectivity index (χ1n) is 6.83. The second-order valence-electron chi connectivity index (χ2n) is 5.03. The molecule has 2 aromatic heterocycles. The van der Waals surface area contributed by atoms with Gasteiger partial charge in [0, 0.05) is 24.7 Å². The van der Waals surface area contributed by atoms with Crippen molar-refractivity contribution in [1.29, 1.82) is 0 Å². The summed E-state index contributed by atoms with van der Waals surface area (Å²) in [5.41, 5.74) is 2.73. The molecule has 1 aliphatic heterocycles. The molecular formula is C14H18N4O2. The molecule has 0 spiro atoms. The Hall–Kier alpha value is -1.95. The standard InChI is InChI=1S/C14H18N4O2/c1-9-6-12(20-18-9)11-8-16-14(19-2)17-13(11)10-4-3-5-15-7-10/h6,8,10,15H,3-5,7H2,1-2H3/t10-/m1/s1. The molecule has 1 N–H and O–H groups in total. The van der Waals surface area contributed by atoms with E-state index in [1.165, 1.54) is 0 Å². The minimum Gasteiger partial charge on any atom is -0.467 e. The fraction of sp³-hybridized carbons (Fsp3) is 0.500. The van der Waals surface area contributed by atoms with Crippen LogP contribution in [0.4, 0.5) is 0 Å². The molecule has 1 fully saturated rings. The molecule has 106 valence electrons. The zero-order valence-corrected chi connectivity index (χ0v) is 11.7. The molecule has 2 aromatic rings. The van der Waals surface area contributed by atoms with Crippen LogP contribution in [-0.2, 0) is 0 Å². The molecule has 0 bridgehead atoms. The van der Waals surface area contributed by atoms with Gasteiger partial charge in [-0.05, 0) is 26.3 Å². The summed E-state index contributed by atoms with van der Waals surface area (Å²) >= 11 is 0. The van der Waals surface area contributed by atoms with Crippen LogP contribution in [0, 0.1) is 6.92 Å².